The Kier molecular flexibility index (Phi) is 4.72. The standard InChI is InChI=1S/C20H20N4O3S/c1-11-15-19(22-10-24(20(15)27)14-4-2-3-5-14)28-16(11)18(26)23-13-8-6-12(7-9-13)17(21)25/h6-10,14H,2-5H2,1H3,(H2,21,25)(H,23,26). The van der Waals surface area contributed by atoms with Crippen molar-refractivity contribution < 1.29 is 9.59 Å². The zero-order valence-electron chi connectivity index (χ0n) is 15.4. The molecule has 0 atom stereocenters. The van der Waals surface area contributed by atoms with E-state index in [9.17, 15) is 14.4 Å². The Morgan fingerprint density at radius 2 is 1.89 bits per heavy atom. The number of nitrogens with two attached hydrogens (primary N) is 1. The van der Waals surface area contributed by atoms with Crippen LogP contribution < -0.4 is 16.6 Å². The molecule has 3 N–H and O–H groups in total. The van der Waals surface area contributed by atoms with Gasteiger partial charge in [0, 0.05) is 17.3 Å². The van der Waals surface area contributed by atoms with Gasteiger partial charge in [0.15, 0.2) is 0 Å². The van der Waals surface area contributed by atoms with Crippen LogP contribution in [0.5, 0.6) is 0 Å². The van der Waals surface area contributed by atoms with Crippen LogP contribution in [0.1, 0.15) is 57.3 Å². The molecule has 1 saturated carbocycles. The first-order valence-electron chi connectivity index (χ1n) is 9.17. The van der Waals surface area contributed by atoms with Gasteiger partial charge in [0.25, 0.3) is 11.5 Å². The molecule has 2 aromatic heterocycles. The SMILES string of the molecule is Cc1c(C(=O)Nc2ccc(C(N)=O)cc2)sc2ncn(C3CCCC3)c(=O)c12. The van der Waals surface area contributed by atoms with E-state index in [-0.39, 0.29) is 17.5 Å². The van der Waals surface area contributed by atoms with E-state index in [1.54, 1.807) is 42.1 Å². The molecule has 3 aromatic rings. The summed E-state index contributed by atoms with van der Waals surface area (Å²) in [5.74, 6) is -0.831. The number of anilines is 1. The van der Waals surface area contributed by atoms with E-state index in [1.807, 2.05) is 0 Å². The highest BCUT2D eigenvalue weighted by atomic mass is 32.1. The van der Waals surface area contributed by atoms with Crippen molar-refractivity contribution in [2.75, 3.05) is 5.32 Å². The molecule has 1 aliphatic rings. The molecule has 0 saturated heterocycles. The number of rotatable bonds is 4. The van der Waals surface area contributed by atoms with E-state index in [0.29, 0.717) is 31.9 Å². The Morgan fingerprint density at radius 3 is 2.54 bits per heavy atom. The quantitative estimate of drug-likeness (QED) is 0.706. The second kappa shape index (κ2) is 7.20. The second-order valence-electron chi connectivity index (χ2n) is 7.03. The molecule has 0 bridgehead atoms. The number of nitrogens with one attached hydrogen (secondary N) is 1. The fourth-order valence-corrected chi connectivity index (χ4v) is 4.74. The minimum absolute atomic E-state index is 0.0736. The van der Waals surface area contributed by atoms with Gasteiger partial charge in [0.05, 0.1) is 16.6 Å². The van der Waals surface area contributed by atoms with Gasteiger partial charge in [-0.2, -0.15) is 0 Å². The Hall–Kier alpha value is -3.00. The lowest BCUT2D eigenvalue weighted by Gasteiger charge is -2.12. The summed E-state index contributed by atoms with van der Waals surface area (Å²) >= 11 is 1.21. The number of primary amides is 1. The minimum Gasteiger partial charge on any atom is -0.366 e. The van der Waals surface area contributed by atoms with Crippen molar-refractivity contribution in [2.24, 2.45) is 5.73 Å². The predicted octanol–water partition coefficient (Wildman–Crippen LogP) is 3.23. The normalized spacial score (nSPS) is 14.5. The Labute approximate surface area is 165 Å². The van der Waals surface area contributed by atoms with Crippen LogP contribution in [0.4, 0.5) is 5.69 Å². The Bertz CT molecular complexity index is 1120. The summed E-state index contributed by atoms with van der Waals surface area (Å²) in [4.78, 5) is 42.4. The third-order valence-corrected chi connectivity index (χ3v) is 6.43. The number of aryl methyl sites for hydroxylation is 1. The molecule has 28 heavy (non-hydrogen) atoms. The van der Waals surface area contributed by atoms with Gasteiger partial charge in [0.2, 0.25) is 5.91 Å². The predicted molar refractivity (Wildman–Crippen MR) is 109 cm³/mol. The van der Waals surface area contributed by atoms with E-state index < -0.39 is 5.91 Å². The van der Waals surface area contributed by atoms with Crippen molar-refractivity contribution in [2.45, 2.75) is 38.6 Å². The molecule has 2 heterocycles. The number of benzene rings is 1. The van der Waals surface area contributed by atoms with Crippen LogP contribution in [0.25, 0.3) is 10.2 Å². The molecule has 0 unspecified atom stereocenters. The molecule has 8 heteroatoms. The third-order valence-electron chi connectivity index (χ3n) is 5.23. The number of hydrogen-bond donors (Lipinski definition) is 2. The van der Waals surface area contributed by atoms with Crippen LogP contribution in [0.2, 0.25) is 0 Å². The van der Waals surface area contributed by atoms with E-state index in [2.05, 4.69) is 10.3 Å². The topological polar surface area (TPSA) is 107 Å². The lowest BCUT2D eigenvalue weighted by atomic mass is 10.1. The van der Waals surface area contributed by atoms with Gasteiger partial charge in [0.1, 0.15) is 4.83 Å². The van der Waals surface area contributed by atoms with Gasteiger partial charge in [-0.25, -0.2) is 4.98 Å². The van der Waals surface area contributed by atoms with E-state index >= 15 is 0 Å². The van der Waals surface area contributed by atoms with Crippen molar-refractivity contribution in [1.29, 1.82) is 0 Å². The molecule has 7 nitrogen and oxygen atoms in total. The number of carbonyl (C=O) groups excluding carboxylic acids is 2. The van der Waals surface area contributed by atoms with Crippen LogP contribution in [0.15, 0.2) is 35.4 Å². The molecule has 2 amide bonds. The summed E-state index contributed by atoms with van der Waals surface area (Å²) < 4.78 is 1.72. The van der Waals surface area contributed by atoms with E-state index in [4.69, 9.17) is 5.73 Å². The number of nitrogens with zero attached hydrogens (tertiary/aromatic N) is 2. The number of hydrogen-bond acceptors (Lipinski definition) is 5. The van der Waals surface area contributed by atoms with Gasteiger partial charge < -0.3 is 11.1 Å². The summed E-state index contributed by atoms with van der Waals surface area (Å²) in [5.41, 5.74) is 6.72. The average molecular weight is 396 g/mol. The maximum Gasteiger partial charge on any atom is 0.266 e. The maximum absolute atomic E-state index is 13.0. The van der Waals surface area contributed by atoms with Crippen molar-refractivity contribution in [3.63, 3.8) is 0 Å². The zero-order chi connectivity index (χ0) is 19.8. The minimum atomic E-state index is -0.525. The zero-order valence-corrected chi connectivity index (χ0v) is 16.2. The van der Waals surface area contributed by atoms with Crippen molar-refractivity contribution in [1.82, 2.24) is 9.55 Å². The van der Waals surface area contributed by atoms with Crippen molar-refractivity contribution >= 4 is 39.1 Å². The Morgan fingerprint density at radius 1 is 1.21 bits per heavy atom. The molecule has 1 aliphatic carbocycles. The molecular weight excluding hydrogens is 376 g/mol. The van der Waals surface area contributed by atoms with Crippen molar-refractivity contribution in [3.8, 4) is 0 Å². The summed E-state index contributed by atoms with van der Waals surface area (Å²) in [5, 5.41) is 3.32. The monoisotopic (exact) mass is 396 g/mol. The highest BCUT2D eigenvalue weighted by Crippen LogP contribution is 2.31. The molecule has 0 spiro atoms. The first kappa shape index (κ1) is 18.4. The van der Waals surface area contributed by atoms with Gasteiger partial charge in [-0.3, -0.25) is 19.0 Å². The molecule has 1 fully saturated rings. The van der Waals surface area contributed by atoms with E-state index in [0.717, 1.165) is 25.7 Å². The first-order chi connectivity index (χ1) is 13.5. The lowest BCUT2D eigenvalue weighted by Crippen LogP contribution is -2.23. The van der Waals surface area contributed by atoms with Gasteiger partial charge in [-0.05, 0) is 49.6 Å². The van der Waals surface area contributed by atoms with Crippen molar-refractivity contribution in [3.05, 3.63) is 57.0 Å². The average Bonchev–Trinajstić information content (AvgIpc) is 3.31. The van der Waals surface area contributed by atoms with Crippen LogP contribution in [0, 0.1) is 6.92 Å². The molecule has 144 valence electrons. The highest BCUT2D eigenvalue weighted by molar-refractivity contribution is 7.20. The first-order valence-corrected chi connectivity index (χ1v) is 9.99. The van der Waals surface area contributed by atoms with Crippen LogP contribution in [-0.4, -0.2) is 21.4 Å². The largest absolute Gasteiger partial charge is 0.366 e. The van der Waals surface area contributed by atoms with Gasteiger partial charge >= 0.3 is 0 Å². The summed E-state index contributed by atoms with van der Waals surface area (Å²) in [6.07, 6.45) is 5.84. The number of thiophene rings is 1. The summed E-state index contributed by atoms with van der Waals surface area (Å²) in [7, 11) is 0. The van der Waals surface area contributed by atoms with E-state index in [1.165, 1.54) is 11.3 Å². The van der Waals surface area contributed by atoms with Crippen LogP contribution >= 0.6 is 11.3 Å². The molecule has 4 rings (SSSR count). The Balaban J connectivity index is 1.65. The fraction of sp³-hybridized carbons (Fsp3) is 0.300. The van der Waals surface area contributed by atoms with Crippen LogP contribution in [-0.2, 0) is 0 Å². The lowest BCUT2D eigenvalue weighted by molar-refractivity contribution is 0.0998. The third kappa shape index (κ3) is 3.20. The number of fused-ring (bicyclic) bond motifs is 1. The molecular formula is C20H20N4O3S. The highest BCUT2D eigenvalue weighted by Gasteiger charge is 2.23. The van der Waals surface area contributed by atoms with Gasteiger partial charge in [-0.15, -0.1) is 11.3 Å². The maximum atomic E-state index is 13.0. The fourth-order valence-electron chi connectivity index (χ4n) is 3.70. The number of carbonyl (C=O) groups is 2. The molecule has 0 aliphatic heterocycles. The molecule has 1 aromatic carbocycles. The van der Waals surface area contributed by atoms with Crippen LogP contribution in [0.3, 0.4) is 0 Å². The smallest absolute Gasteiger partial charge is 0.266 e. The number of amides is 2. The summed E-state index contributed by atoms with van der Waals surface area (Å²) in [6, 6.07) is 6.54. The second-order valence-corrected chi connectivity index (χ2v) is 8.03. The summed E-state index contributed by atoms with van der Waals surface area (Å²) in [6.45, 7) is 1.78. The van der Waals surface area contributed by atoms with Gasteiger partial charge in [-0.1, -0.05) is 12.8 Å². The number of aromatic nitrogens is 2. The molecule has 0 radical (unpaired) electrons.